The Morgan fingerprint density at radius 1 is 1.00 bits per heavy atom. The number of nitro groups is 1. The molecule has 0 fully saturated rings. The van der Waals surface area contributed by atoms with Gasteiger partial charge in [-0.2, -0.15) is 0 Å². The fourth-order valence-electron chi connectivity index (χ4n) is 3.22. The fraction of sp³-hybridized carbons (Fsp3) is 0.0500. The minimum atomic E-state index is -0.605. The normalized spacial score (nSPS) is 11.6. The minimum Gasteiger partial charge on any atom is -0.322 e. The quantitative estimate of drug-likeness (QED) is 0.407. The van der Waals surface area contributed by atoms with Gasteiger partial charge < -0.3 is 5.32 Å². The van der Waals surface area contributed by atoms with Gasteiger partial charge in [0.1, 0.15) is 5.02 Å². The maximum Gasteiger partial charge on any atom is 0.288 e. The van der Waals surface area contributed by atoms with Crippen molar-refractivity contribution in [3.8, 4) is 11.1 Å². The number of nitrogens with one attached hydrogen (secondary N) is 1. The van der Waals surface area contributed by atoms with Crippen molar-refractivity contribution in [2.75, 3.05) is 5.32 Å². The molecular formula is C20H13ClN2O3. The largest absolute Gasteiger partial charge is 0.322 e. The number of halogens is 1. The lowest BCUT2D eigenvalue weighted by atomic mass is 10.1. The average molecular weight is 365 g/mol. The summed E-state index contributed by atoms with van der Waals surface area (Å²) >= 11 is 5.79. The topological polar surface area (TPSA) is 72.2 Å². The molecule has 6 heteroatoms. The van der Waals surface area contributed by atoms with Crippen molar-refractivity contribution in [1.29, 1.82) is 0 Å². The third kappa shape index (κ3) is 2.82. The molecule has 0 aromatic heterocycles. The molecule has 0 spiro atoms. The molecule has 0 radical (unpaired) electrons. The van der Waals surface area contributed by atoms with Crippen LogP contribution in [0.5, 0.6) is 0 Å². The van der Waals surface area contributed by atoms with E-state index in [-0.39, 0.29) is 16.3 Å². The summed E-state index contributed by atoms with van der Waals surface area (Å²) in [6.07, 6.45) is 0.821. The number of hydrogen-bond acceptors (Lipinski definition) is 3. The summed E-state index contributed by atoms with van der Waals surface area (Å²) in [6, 6.07) is 18.0. The Bertz CT molecular complexity index is 1060. The van der Waals surface area contributed by atoms with Gasteiger partial charge in [-0.05, 0) is 52.9 Å². The highest BCUT2D eigenvalue weighted by Crippen LogP contribution is 2.37. The molecular weight excluding hydrogens is 352 g/mol. The number of nitrogens with zero attached hydrogens (tertiary/aromatic N) is 1. The lowest BCUT2D eigenvalue weighted by Crippen LogP contribution is -2.12. The van der Waals surface area contributed by atoms with Crippen LogP contribution in [0.4, 0.5) is 11.4 Å². The molecule has 4 rings (SSSR count). The van der Waals surface area contributed by atoms with E-state index < -0.39 is 10.8 Å². The Morgan fingerprint density at radius 2 is 1.77 bits per heavy atom. The highest BCUT2D eigenvalue weighted by Gasteiger charge is 2.19. The highest BCUT2D eigenvalue weighted by molar-refractivity contribution is 6.32. The van der Waals surface area contributed by atoms with Gasteiger partial charge in [0.2, 0.25) is 0 Å². The van der Waals surface area contributed by atoms with Gasteiger partial charge in [-0.3, -0.25) is 14.9 Å². The Balaban J connectivity index is 1.59. The second-order valence-electron chi connectivity index (χ2n) is 6.08. The van der Waals surface area contributed by atoms with Crippen LogP contribution in [0.2, 0.25) is 5.02 Å². The molecule has 0 saturated heterocycles. The SMILES string of the molecule is O=C(Nc1ccc2c(c1)Cc1ccccc1-2)c1ccc(Cl)c([N+](=O)[O-])c1. The van der Waals surface area contributed by atoms with E-state index in [9.17, 15) is 14.9 Å². The number of anilines is 1. The number of carbonyl (C=O) groups is 1. The van der Waals surface area contributed by atoms with Crippen molar-refractivity contribution >= 4 is 28.9 Å². The number of benzene rings is 3. The molecule has 1 N–H and O–H groups in total. The first kappa shape index (κ1) is 16.3. The number of fused-ring (bicyclic) bond motifs is 3. The van der Waals surface area contributed by atoms with E-state index in [0.717, 1.165) is 12.0 Å². The van der Waals surface area contributed by atoms with Crippen LogP contribution in [0.1, 0.15) is 21.5 Å². The average Bonchev–Trinajstić information content (AvgIpc) is 2.99. The van der Waals surface area contributed by atoms with Gasteiger partial charge in [0.05, 0.1) is 4.92 Å². The minimum absolute atomic E-state index is 0.00171. The number of nitro benzene ring substituents is 1. The molecule has 0 unspecified atom stereocenters. The number of amides is 1. The summed E-state index contributed by atoms with van der Waals surface area (Å²) in [5.41, 5.74) is 5.34. The van der Waals surface area contributed by atoms with Crippen LogP contribution in [0.15, 0.2) is 60.7 Å². The van der Waals surface area contributed by atoms with Crippen LogP contribution in [0.25, 0.3) is 11.1 Å². The second-order valence-corrected chi connectivity index (χ2v) is 6.49. The lowest BCUT2D eigenvalue weighted by molar-refractivity contribution is -0.384. The van der Waals surface area contributed by atoms with Crippen molar-refractivity contribution < 1.29 is 9.72 Å². The van der Waals surface area contributed by atoms with Crippen LogP contribution >= 0.6 is 11.6 Å². The molecule has 1 amide bonds. The van der Waals surface area contributed by atoms with Crippen LogP contribution < -0.4 is 5.32 Å². The van der Waals surface area contributed by atoms with E-state index in [1.807, 2.05) is 30.3 Å². The summed E-state index contributed by atoms with van der Waals surface area (Å²) in [5.74, 6) is -0.416. The summed E-state index contributed by atoms with van der Waals surface area (Å²) in [7, 11) is 0. The zero-order chi connectivity index (χ0) is 18.3. The predicted molar refractivity (Wildman–Crippen MR) is 101 cm³/mol. The number of carbonyl (C=O) groups excluding carboxylic acids is 1. The third-order valence-electron chi connectivity index (χ3n) is 4.46. The zero-order valence-corrected chi connectivity index (χ0v) is 14.3. The predicted octanol–water partition coefficient (Wildman–Crippen LogP) is 5.07. The Hall–Kier alpha value is -3.18. The van der Waals surface area contributed by atoms with E-state index in [4.69, 9.17) is 11.6 Å². The highest BCUT2D eigenvalue weighted by atomic mass is 35.5. The van der Waals surface area contributed by atoms with Crippen molar-refractivity contribution in [2.24, 2.45) is 0 Å². The first-order valence-corrected chi connectivity index (χ1v) is 8.37. The summed E-state index contributed by atoms with van der Waals surface area (Å²) in [6.45, 7) is 0. The van der Waals surface area contributed by atoms with Gasteiger partial charge in [0.15, 0.2) is 0 Å². The molecule has 0 saturated carbocycles. The fourth-order valence-corrected chi connectivity index (χ4v) is 3.41. The van der Waals surface area contributed by atoms with Crippen molar-refractivity contribution in [1.82, 2.24) is 0 Å². The van der Waals surface area contributed by atoms with Crippen LogP contribution in [0.3, 0.4) is 0 Å². The second kappa shape index (κ2) is 6.28. The number of rotatable bonds is 3. The van der Waals surface area contributed by atoms with Crippen LogP contribution in [0, 0.1) is 10.1 Å². The third-order valence-corrected chi connectivity index (χ3v) is 4.78. The molecule has 0 aliphatic heterocycles. The summed E-state index contributed by atoms with van der Waals surface area (Å²) < 4.78 is 0. The monoisotopic (exact) mass is 364 g/mol. The smallest absolute Gasteiger partial charge is 0.288 e. The lowest BCUT2D eigenvalue weighted by Gasteiger charge is -2.08. The standard InChI is InChI=1S/C20H13ClN2O3/c21-18-8-5-13(11-19(18)23(25)26)20(24)22-15-6-7-17-14(10-15)9-12-3-1-2-4-16(12)17/h1-8,10-11H,9H2,(H,22,24). The molecule has 0 heterocycles. The van der Waals surface area contributed by atoms with Crippen molar-refractivity contribution in [2.45, 2.75) is 6.42 Å². The summed E-state index contributed by atoms with van der Waals surface area (Å²) in [4.78, 5) is 22.8. The van der Waals surface area contributed by atoms with Crippen LogP contribution in [-0.4, -0.2) is 10.8 Å². The Labute approximate surface area is 154 Å². The van der Waals surface area contributed by atoms with Gasteiger partial charge in [-0.25, -0.2) is 0 Å². The van der Waals surface area contributed by atoms with E-state index in [2.05, 4.69) is 17.4 Å². The molecule has 1 aliphatic carbocycles. The van der Waals surface area contributed by atoms with Crippen molar-refractivity contribution in [3.05, 3.63) is 92.5 Å². The molecule has 26 heavy (non-hydrogen) atoms. The zero-order valence-electron chi connectivity index (χ0n) is 13.5. The van der Waals surface area contributed by atoms with Gasteiger partial charge in [0, 0.05) is 17.3 Å². The molecule has 3 aromatic carbocycles. The molecule has 3 aromatic rings. The van der Waals surface area contributed by atoms with Crippen molar-refractivity contribution in [3.63, 3.8) is 0 Å². The van der Waals surface area contributed by atoms with E-state index in [0.29, 0.717) is 5.69 Å². The van der Waals surface area contributed by atoms with Gasteiger partial charge >= 0.3 is 0 Å². The molecule has 0 atom stereocenters. The van der Waals surface area contributed by atoms with Crippen LogP contribution in [-0.2, 0) is 6.42 Å². The first-order chi connectivity index (χ1) is 12.5. The molecule has 5 nitrogen and oxygen atoms in total. The first-order valence-electron chi connectivity index (χ1n) is 7.99. The van der Waals surface area contributed by atoms with Gasteiger partial charge in [-0.15, -0.1) is 0 Å². The van der Waals surface area contributed by atoms with E-state index in [1.54, 1.807) is 0 Å². The van der Waals surface area contributed by atoms with E-state index >= 15 is 0 Å². The van der Waals surface area contributed by atoms with Gasteiger partial charge in [0.25, 0.3) is 11.6 Å². The van der Waals surface area contributed by atoms with E-state index in [1.165, 1.54) is 34.9 Å². The Morgan fingerprint density at radius 3 is 2.58 bits per heavy atom. The van der Waals surface area contributed by atoms with Gasteiger partial charge in [-0.1, -0.05) is 41.9 Å². The summed E-state index contributed by atoms with van der Waals surface area (Å²) in [5, 5.41) is 13.8. The maximum atomic E-state index is 12.4. The molecule has 0 bridgehead atoms. The Kier molecular flexibility index (Phi) is 3.93. The molecule has 1 aliphatic rings. The number of hydrogen-bond donors (Lipinski definition) is 1. The maximum absolute atomic E-state index is 12.4. The molecule has 128 valence electrons.